The van der Waals surface area contributed by atoms with E-state index in [1.54, 1.807) is 36.4 Å². The summed E-state index contributed by atoms with van der Waals surface area (Å²) in [4.78, 5) is 27.8. The lowest BCUT2D eigenvalue weighted by atomic mass is 9.88. The Morgan fingerprint density at radius 1 is 1.03 bits per heavy atom. The molecule has 0 saturated carbocycles. The topological polar surface area (TPSA) is 76.1 Å². The molecule has 1 atom stereocenters. The molecule has 3 aromatic carbocycles. The van der Waals surface area contributed by atoms with Gasteiger partial charge in [0.25, 0.3) is 5.91 Å². The average molecular weight is 514 g/mol. The zero-order chi connectivity index (χ0) is 23.8. The maximum Gasteiger partial charge on any atom is 0.264 e. The summed E-state index contributed by atoms with van der Waals surface area (Å²) in [7, 11) is 3.06. The minimum Gasteiger partial charge on any atom is -0.493 e. The molecule has 0 bridgehead atoms. The van der Waals surface area contributed by atoms with Gasteiger partial charge >= 0.3 is 0 Å². The lowest BCUT2D eigenvalue weighted by Crippen LogP contribution is -2.41. The summed E-state index contributed by atoms with van der Waals surface area (Å²) >= 11 is 3.38. The van der Waals surface area contributed by atoms with E-state index in [1.807, 2.05) is 0 Å². The number of carbonyl (C=O) groups is 2. The van der Waals surface area contributed by atoms with Gasteiger partial charge in [-0.3, -0.25) is 9.59 Å². The molecule has 1 aliphatic rings. The average Bonchev–Trinajstić information content (AvgIpc) is 3.00. The van der Waals surface area contributed by atoms with Crippen molar-refractivity contribution in [1.82, 2.24) is 0 Å². The number of ketones is 1. The van der Waals surface area contributed by atoms with Gasteiger partial charge in [-0.2, -0.15) is 0 Å². The first-order chi connectivity index (χ1) is 15.8. The summed E-state index contributed by atoms with van der Waals surface area (Å²) in [6.07, 6.45) is -0.469. The van der Waals surface area contributed by atoms with Crippen LogP contribution in [-0.2, 0) is 16.9 Å². The van der Waals surface area contributed by atoms with Crippen molar-refractivity contribution in [2.24, 2.45) is 0 Å². The van der Waals surface area contributed by atoms with Crippen molar-refractivity contribution in [3.63, 3.8) is 0 Å². The lowest BCUT2D eigenvalue weighted by molar-refractivity contribution is -0.136. The highest BCUT2D eigenvalue weighted by Crippen LogP contribution is 2.45. The van der Waals surface area contributed by atoms with E-state index in [2.05, 4.69) is 15.9 Å². The Morgan fingerprint density at radius 2 is 1.73 bits per heavy atom. The van der Waals surface area contributed by atoms with E-state index in [9.17, 15) is 19.1 Å². The molecule has 0 unspecified atom stereocenters. The van der Waals surface area contributed by atoms with Crippen LogP contribution in [0.5, 0.6) is 11.5 Å². The van der Waals surface area contributed by atoms with Gasteiger partial charge in [0.2, 0.25) is 0 Å². The molecule has 170 valence electrons. The number of nitrogens with zero attached hydrogens (tertiary/aromatic N) is 1. The molecule has 4 rings (SSSR count). The lowest BCUT2D eigenvalue weighted by Gasteiger charge is -2.23. The fourth-order valence-electron chi connectivity index (χ4n) is 3.98. The highest BCUT2D eigenvalue weighted by Gasteiger charge is 2.51. The van der Waals surface area contributed by atoms with Gasteiger partial charge in [0.05, 0.1) is 32.9 Å². The number of rotatable bonds is 7. The van der Waals surface area contributed by atoms with Crippen LogP contribution in [0.3, 0.4) is 0 Å². The van der Waals surface area contributed by atoms with Crippen LogP contribution in [0.15, 0.2) is 65.1 Å². The van der Waals surface area contributed by atoms with E-state index in [4.69, 9.17) is 9.47 Å². The molecular formula is C25H21BrFNO5. The van der Waals surface area contributed by atoms with Crippen molar-refractivity contribution >= 4 is 33.3 Å². The van der Waals surface area contributed by atoms with Crippen molar-refractivity contribution in [3.05, 3.63) is 87.6 Å². The minimum absolute atomic E-state index is 0.154. The van der Waals surface area contributed by atoms with Crippen molar-refractivity contribution < 1.29 is 28.6 Å². The van der Waals surface area contributed by atoms with Gasteiger partial charge in [-0.1, -0.05) is 22.0 Å². The van der Waals surface area contributed by atoms with Gasteiger partial charge in [-0.05, 0) is 60.2 Å². The third-order valence-corrected chi connectivity index (χ3v) is 6.16. The van der Waals surface area contributed by atoms with Gasteiger partial charge in [-0.25, -0.2) is 4.39 Å². The van der Waals surface area contributed by atoms with Gasteiger partial charge in [0.15, 0.2) is 22.9 Å². The molecule has 1 amide bonds. The number of amides is 1. The Bertz CT molecular complexity index is 1230. The predicted molar refractivity (Wildman–Crippen MR) is 124 cm³/mol. The third kappa shape index (κ3) is 4.24. The fourth-order valence-corrected chi connectivity index (χ4v) is 4.34. The van der Waals surface area contributed by atoms with Crippen LogP contribution in [0.4, 0.5) is 10.1 Å². The van der Waals surface area contributed by atoms with E-state index in [0.29, 0.717) is 27.2 Å². The second-order valence-corrected chi connectivity index (χ2v) is 8.62. The fraction of sp³-hybridized carbons (Fsp3) is 0.200. The van der Waals surface area contributed by atoms with Crippen molar-refractivity contribution in [3.8, 4) is 11.5 Å². The van der Waals surface area contributed by atoms with Crippen LogP contribution in [0, 0.1) is 5.82 Å². The Morgan fingerprint density at radius 3 is 2.39 bits per heavy atom. The van der Waals surface area contributed by atoms with Crippen molar-refractivity contribution in [1.29, 1.82) is 0 Å². The molecule has 0 spiro atoms. The summed E-state index contributed by atoms with van der Waals surface area (Å²) in [5, 5.41) is 11.5. The van der Waals surface area contributed by atoms with Gasteiger partial charge in [-0.15, -0.1) is 0 Å². The molecule has 0 saturated heterocycles. The number of methoxy groups -OCH3 is 2. The number of hydrogen-bond donors (Lipinski definition) is 1. The number of hydrogen-bond acceptors (Lipinski definition) is 5. The predicted octanol–water partition coefficient (Wildman–Crippen LogP) is 4.61. The standard InChI is InChI=1S/C25H21BrFNO5/c1-32-22-10-3-15(11-23(22)33-2)14-28-20-9-6-17(26)12-19(20)25(31,24(28)30)13-21(29)16-4-7-18(27)8-5-16/h3-12,31H,13-14H2,1-2H3/t25-/m0/s1. The highest BCUT2D eigenvalue weighted by atomic mass is 79.9. The summed E-state index contributed by atoms with van der Waals surface area (Å²) in [5.74, 6) is -0.484. The van der Waals surface area contributed by atoms with Crippen LogP contribution in [0.1, 0.15) is 27.9 Å². The molecule has 6 nitrogen and oxygen atoms in total. The first kappa shape index (κ1) is 22.9. The Hall–Kier alpha value is -3.23. The zero-order valence-corrected chi connectivity index (χ0v) is 19.6. The molecule has 0 aliphatic carbocycles. The van der Waals surface area contributed by atoms with Crippen LogP contribution in [0.2, 0.25) is 0 Å². The number of Topliss-reactive ketones (excluding diaryl/α,β-unsaturated/α-hetero) is 1. The SMILES string of the molecule is COc1ccc(CN2C(=O)[C@](O)(CC(=O)c3ccc(F)cc3)c3cc(Br)ccc32)cc1OC. The first-order valence-electron chi connectivity index (χ1n) is 10.1. The number of carbonyl (C=O) groups excluding carboxylic acids is 2. The van der Waals surface area contributed by atoms with E-state index in [1.165, 1.54) is 43.4 Å². The molecule has 8 heteroatoms. The Balaban J connectivity index is 1.69. The molecule has 0 fully saturated rings. The van der Waals surface area contributed by atoms with Crippen molar-refractivity contribution in [2.75, 3.05) is 19.1 Å². The summed E-state index contributed by atoms with van der Waals surface area (Å²) in [6, 6.07) is 15.4. The number of benzene rings is 3. The molecule has 1 N–H and O–H groups in total. The van der Waals surface area contributed by atoms with Gasteiger partial charge in [0.1, 0.15) is 5.82 Å². The number of halogens is 2. The highest BCUT2D eigenvalue weighted by molar-refractivity contribution is 9.10. The maximum absolute atomic E-state index is 13.5. The minimum atomic E-state index is -2.05. The van der Waals surface area contributed by atoms with Crippen LogP contribution in [-0.4, -0.2) is 31.0 Å². The Kier molecular flexibility index (Phi) is 6.23. The number of anilines is 1. The normalized spacial score (nSPS) is 17.1. The van der Waals surface area contributed by atoms with E-state index in [0.717, 1.165) is 5.56 Å². The van der Waals surface area contributed by atoms with Crippen molar-refractivity contribution in [2.45, 2.75) is 18.6 Å². The smallest absolute Gasteiger partial charge is 0.264 e. The van der Waals surface area contributed by atoms with Gasteiger partial charge < -0.3 is 19.5 Å². The number of ether oxygens (including phenoxy) is 2. The second kappa shape index (κ2) is 8.96. The number of aliphatic hydroxyl groups is 1. The van der Waals surface area contributed by atoms with E-state index >= 15 is 0 Å². The maximum atomic E-state index is 13.5. The molecule has 1 aliphatic heterocycles. The molecule has 0 aromatic heterocycles. The summed E-state index contributed by atoms with van der Waals surface area (Å²) in [5.41, 5.74) is -0.247. The molecule has 33 heavy (non-hydrogen) atoms. The Labute approximate surface area is 198 Å². The monoisotopic (exact) mass is 513 g/mol. The number of fused-ring (bicyclic) bond motifs is 1. The quantitative estimate of drug-likeness (QED) is 0.466. The molecule has 1 heterocycles. The van der Waals surface area contributed by atoms with E-state index < -0.39 is 29.5 Å². The third-order valence-electron chi connectivity index (χ3n) is 5.67. The van der Waals surface area contributed by atoms with Crippen LogP contribution < -0.4 is 14.4 Å². The zero-order valence-electron chi connectivity index (χ0n) is 18.0. The second-order valence-electron chi connectivity index (χ2n) is 7.71. The first-order valence-corrected chi connectivity index (χ1v) is 10.9. The molecule has 0 radical (unpaired) electrons. The van der Waals surface area contributed by atoms with Crippen LogP contribution in [0.25, 0.3) is 0 Å². The van der Waals surface area contributed by atoms with E-state index in [-0.39, 0.29) is 12.1 Å². The molecule has 3 aromatic rings. The van der Waals surface area contributed by atoms with Crippen LogP contribution >= 0.6 is 15.9 Å². The summed E-state index contributed by atoms with van der Waals surface area (Å²) < 4.78 is 24.5. The van der Waals surface area contributed by atoms with Gasteiger partial charge in [0, 0.05) is 15.6 Å². The molecular weight excluding hydrogens is 493 g/mol. The largest absolute Gasteiger partial charge is 0.493 e. The summed E-state index contributed by atoms with van der Waals surface area (Å²) in [6.45, 7) is 0.154.